The van der Waals surface area contributed by atoms with Crippen molar-refractivity contribution in [2.45, 2.75) is 26.7 Å². The van der Waals surface area contributed by atoms with E-state index in [0.29, 0.717) is 0 Å². The Morgan fingerprint density at radius 3 is 2.56 bits per heavy atom. The summed E-state index contributed by atoms with van der Waals surface area (Å²) in [5.74, 6) is 0. The minimum absolute atomic E-state index is 1.08. The number of rotatable bonds is 5. The maximum absolute atomic E-state index is 3.26. The lowest BCUT2D eigenvalue weighted by Crippen LogP contribution is -2.12. The van der Waals surface area contributed by atoms with Crippen LogP contribution in [0.5, 0.6) is 0 Å². The third-order valence-corrected chi connectivity index (χ3v) is 1.14. The first-order valence-electron chi connectivity index (χ1n) is 3.77. The van der Waals surface area contributed by atoms with Gasteiger partial charge in [-0.25, -0.2) is 0 Å². The van der Waals surface area contributed by atoms with Crippen LogP contribution < -0.4 is 5.32 Å². The zero-order chi connectivity index (χ0) is 6.95. The molecule has 54 valence electrons. The highest BCUT2D eigenvalue weighted by molar-refractivity contribution is 4.80. The predicted molar refractivity (Wildman–Crippen MR) is 42.6 cm³/mol. The maximum atomic E-state index is 3.26. The Morgan fingerprint density at radius 1 is 1.22 bits per heavy atom. The van der Waals surface area contributed by atoms with E-state index in [0.717, 1.165) is 19.5 Å². The smallest absolute Gasteiger partial charge is 0.00144 e. The molecule has 0 aromatic rings. The van der Waals surface area contributed by atoms with Crippen LogP contribution >= 0.6 is 0 Å². The van der Waals surface area contributed by atoms with Crippen LogP contribution in [-0.2, 0) is 0 Å². The number of nitrogens with one attached hydrogen (secondary N) is 1. The van der Waals surface area contributed by atoms with Gasteiger partial charge in [0, 0.05) is 0 Å². The zero-order valence-corrected chi connectivity index (χ0v) is 6.48. The number of hydrogen-bond donors (Lipinski definition) is 1. The Labute approximate surface area is 58.2 Å². The molecule has 0 aromatic heterocycles. The summed E-state index contributed by atoms with van der Waals surface area (Å²) in [6, 6.07) is 0. The summed E-state index contributed by atoms with van der Waals surface area (Å²) in [7, 11) is 0. The summed E-state index contributed by atoms with van der Waals surface area (Å²) in [6.45, 7) is 6.49. The predicted octanol–water partition coefficient (Wildman–Crippen LogP) is 1.95. The van der Waals surface area contributed by atoms with E-state index < -0.39 is 0 Å². The molecule has 0 rings (SSSR count). The zero-order valence-electron chi connectivity index (χ0n) is 6.48. The summed E-state index contributed by atoms with van der Waals surface area (Å²) in [5.41, 5.74) is 0. The van der Waals surface area contributed by atoms with Gasteiger partial charge in [-0.05, 0) is 25.9 Å². The topological polar surface area (TPSA) is 12.0 Å². The highest BCUT2D eigenvalue weighted by Crippen LogP contribution is 1.83. The normalized spacial score (nSPS) is 10.9. The van der Waals surface area contributed by atoms with E-state index in [1.54, 1.807) is 0 Å². The van der Waals surface area contributed by atoms with Gasteiger partial charge in [0.2, 0.25) is 0 Å². The van der Waals surface area contributed by atoms with Gasteiger partial charge < -0.3 is 5.32 Å². The largest absolute Gasteiger partial charge is 0.317 e. The monoisotopic (exact) mass is 127 g/mol. The van der Waals surface area contributed by atoms with Crippen molar-refractivity contribution in [2.24, 2.45) is 0 Å². The molecule has 0 saturated carbocycles. The molecule has 9 heavy (non-hydrogen) atoms. The Hall–Kier alpha value is -0.300. The van der Waals surface area contributed by atoms with E-state index in [2.05, 4.69) is 31.3 Å². The van der Waals surface area contributed by atoms with Crippen molar-refractivity contribution < 1.29 is 0 Å². The minimum atomic E-state index is 1.08. The quantitative estimate of drug-likeness (QED) is 0.439. The molecule has 0 unspecified atom stereocenters. The van der Waals surface area contributed by atoms with Crippen LogP contribution in [-0.4, -0.2) is 13.1 Å². The fourth-order valence-corrected chi connectivity index (χ4v) is 0.647. The first-order chi connectivity index (χ1) is 4.41. The Bertz CT molecular complexity index is 67.0. The maximum Gasteiger partial charge on any atom is -0.00144 e. The second-order valence-electron chi connectivity index (χ2n) is 2.02. The van der Waals surface area contributed by atoms with E-state index in [9.17, 15) is 0 Å². The molecule has 0 bridgehead atoms. The summed E-state index contributed by atoms with van der Waals surface area (Å²) in [5, 5.41) is 3.26. The molecule has 1 heteroatoms. The lowest BCUT2D eigenvalue weighted by atomic mass is 10.3. The Balaban J connectivity index is 2.82. The minimum Gasteiger partial charge on any atom is -0.317 e. The van der Waals surface area contributed by atoms with Gasteiger partial charge in [-0.15, -0.1) is 0 Å². The molecule has 1 nitrogen and oxygen atoms in total. The van der Waals surface area contributed by atoms with Crippen LogP contribution in [0.15, 0.2) is 12.2 Å². The van der Waals surface area contributed by atoms with Crippen LogP contribution in [0.1, 0.15) is 26.7 Å². The molecule has 0 aliphatic carbocycles. The van der Waals surface area contributed by atoms with Crippen LogP contribution in [0.2, 0.25) is 0 Å². The van der Waals surface area contributed by atoms with Gasteiger partial charge >= 0.3 is 0 Å². The molecular weight excluding hydrogens is 110 g/mol. The van der Waals surface area contributed by atoms with Crippen molar-refractivity contribution in [3.63, 3.8) is 0 Å². The van der Waals surface area contributed by atoms with Gasteiger partial charge in [-0.2, -0.15) is 0 Å². The molecule has 0 saturated heterocycles. The summed E-state index contributed by atoms with van der Waals surface area (Å²) >= 11 is 0. The average molecular weight is 127 g/mol. The molecule has 0 fully saturated rings. The first-order valence-corrected chi connectivity index (χ1v) is 3.77. The van der Waals surface area contributed by atoms with Gasteiger partial charge in [-0.3, -0.25) is 0 Å². The van der Waals surface area contributed by atoms with Gasteiger partial charge in [0.25, 0.3) is 0 Å². The van der Waals surface area contributed by atoms with Gasteiger partial charge in [0.1, 0.15) is 0 Å². The summed E-state index contributed by atoms with van der Waals surface area (Å²) in [4.78, 5) is 0. The van der Waals surface area contributed by atoms with Crippen LogP contribution in [0.3, 0.4) is 0 Å². The molecule has 0 radical (unpaired) electrons. The lowest BCUT2D eigenvalue weighted by Gasteiger charge is -1.94. The van der Waals surface area contributed by atoms with Crippen molar-refractivity contribution in [1.82, 2.24) is 5.32 Å². The van der Waals surface area contributed by atoms with E-state index in [4.69, 9.17) is 0 Å². The molecule has 0 heterocycles. The van der Waals surface area contributed by atoms with E-state index in [-0.39, 0.29) is 0 Å². The number of allylic oxidation sites excluding steroid dienone is 1. The fourth-order valence-electron chi connectivity index (χ4n) is 0.647. The van der Waals surface area contributed by atoms with Crippen molar-refractivity contribution in [3.8, 4) is 0 Å². The molecule has 0 amide bonds. The average Bonchev–Trinajstić information content (AvgIpc) is 1.89. The van der Waals surface area contributed by atoms with Gasteiger partial charge in [0.05, 0.1) is 0 Å². The van der Waals surface area contributed by atoms with Crippen LogP contribution in [0.25, 0.3) is 0 Å². The standard InChI is InChI=1S/C8H17N/c1-3-5-6-7-8-9-4-2/h5-6,9H,3-4,7-8H2,1-2H3/b6-5-. The summed E-state index contributed by atoms with van der Waals surface area (Å²) < 4.78 is 0. The lowest BCUT2D eigenvalue weighted by molar-refractivity contribution is 0.726. The molecule has 1 N–H and O–H groups in total. The highest BCUT2D eigenvalue weighted by Gasteiger charge is 1.76. The molecule has 0 atom stereocenters. The molecule has 0 aromatic carbocycles. The van der Waals surface area contributed by atoms with E-state index >= 15 is 0 Å². The van der Waals surface area contributed by atoms with Crippen LogP contribution in [0, 0.1) is 0 Å². The van der Waals surface area contributed by atoms with Gasteiger partial charge in [-0.1, -0.05) is 26.0 Å². The summed E-state index contributed by atoms with van der Waals surface area (Å²) in [6.07, 6.45) is 6.76. The molecular formula is C8H17N. The van der Waals surface area contributed by atoms with Crippen molar-refractivity contribution in [1.29, 1.82) is 0 Å². The van der Waals surface area contributed by atoms with Crippen molar-refractivity contribution >= 4 is 0 Å². The third kappa shape index (κ3) is 7.70. The molecule has 0 aliphatic heterocycles. The first kappa shape index (κ1) is 8.70. The van der Waals surface area contributed by atoms with Crippen molar-refractivity contribution in [3.05, 3.63) is 12.2 Å². The SMILES string of the molecule is CC/C=C\CCNCC. The second kappa shape index (κ2) is 7.70. The Morgan fingerprint density at radius 2 is 2.00 bits per heavy atom. The van der Waals surface area contributed by atoms with E-state index in [1.165, 1.54) is 6.42 Å². The fraction of sp³-hybridized carbons (Fsp3) is 0.750. The highest BCUT2D eigenvalue weighted by atomic mass is 14.8. The van der Waals surface area contributed by atoms with Crippen LogP contribution in [0.4, 0.5) is 0 Å². The molecule has 0 spiro atoms. The van der Waals surface area contributed by atoms with E-state index in [1.807, 2.05) is 0 Å². The molecule has 0 aliphatic rings. The third-order valence-electron chi connectivity index (χ3n) is 1.14. The Kier molecular flexibility index (Phi) is 7.44. The van der Waals surface area contributed by atoms with Crippen molar-refractivity contribution in [2.75, 3.05) is 13.1 Å². The second-order valence-corrected chi connectivity index (χ2v) is 2.02. The van der Waals surface area contributed by atoms with Gasteiger partial charge in [0.15, 0.2) is 0 Å². The number of hydrogen-bond acceptors (Lipinski definition) is 1.